The molecule has 1 aliphatic heterocycles. The number of rotatable bonds is 4. The summed E-state index contributed by atoms with van der Waals surface area (Å²) in [5, 5.41) is 2.06. The molecule has 3 saturated carbocycles. The lowest BCUT2D eigenvalue weighted by Crippen LogP contribution is -2.54. The van der Waals surface area contributed by atoms with Gasteiger partial charge in [-0.05, 0) is 111 Å². The summed E-state index contributed by atoms with van der Waals surface area (Å²) in [5.41, 5.74) is 8.95. The molecule has 4 fully saturated rings. The van der Waals surface area contributed by atoms with E-state index in [1.165, 1.54) is 49.9 Å². The molecule has 1 aromatic rings. The molecule has 1 aromatic heterocycles. The first-order valence-corrected chi connectivity index (χ1v) is 15.1. The lowest BCUT2D eigenvalue weighted by Gasteiger charge is -2.58. The highest BCUT2D eigenvalue weighted by atomic mass is 32.1. The third-order valence-corrected chi connectivity index (χ3v) is 12.8. The van der Waals surface area contributed by atoms with Gasteiger partial charge in [-0.25, -0.2) is 0 Å². The number of carbonyl (C=O) groups is 1. The van der Waals surface area contributed by atoms with E-state index in [0.717, 1.165) is 42.6 Å². The fourth-order valence-electron chi connectivity index (χ4n) is 9.95. The number of likely N-dealkylation sites (N-methyl/N-ethyl adjacent to an activating group) is 1. The van der Waals surface area contributed by atoms with Crippen LogP contribution in [0.15, 0.2) is 29.2 Å². The highest BCUT2D eigenvalue weighted by Crippen LogP contribution is 2.68. The summed E-state index contributed by atoms with van der Waals surface area (Å²) in [6.07, 6.45) is 13.7. The van der Waals surface area contributed by atoms with Gasteiger partial charge in [0.25, 0.3) is 0 Å². The molecule has 6 rings (SSSR count). The molecule has 1 saturated heterocycles. The smallest absolute Gasteiger partial charge is 0.239 e. The van der Waals surface area contributed by atoms with Crippen LogP contribution in [0.1, 0.15) is 70.1 Å². The quantitative estimate of drug-likeness (QED) is 0.574. The van der Waals surface area contributed by atoms with Crippen LogP contribution in [0, 0.1) is 34.5 Å². The zero-order valence-corrected chi connectivity index (χ0v) is 23.0. The molecular weight excluding hydrogens is 450 g/mol. The summed E-state index contributed by atoms with van der Waals surface area (Å²) >= 11 is 1.69. The van der Waals surface area contributed by atoms with Crippen LogP contribution in [0.25, 0.3) is 0 Å². The number of allylic oxidation sites excluding steroid dienone is 1. The van der Waals surface area contributed by atoms with Gasteiger partial charge in [0.05, 0.1) is 6.04 Å². The lowest BCUT2D eigenvalue weighted by atomic mass is 9.47. The fraction of sp³-hybridized carbons (Fsp3) is 0.767. The molecule has 0 aromatic carbocycles. The van der Waals surface area contributed by atoms with Crippen LogP contribution in [0.4, 0.5) is 0 Å². The Bertz CT molecular complexity index is 990. The summed E-state index contributed by atoms with van der Waals surface area (Å²) in [7, 11) is 4.36. The zero-order valence-electron chi connectivity index (χ0n) is 22.2. The van der Waals surface area contributed by atoms with E-state index in [2.05, 4.69) is 43.3 Å². The SMILES string of the molecule is CC1C2CCC3C4CC=C5CC(N(C)C(=O)C(N)Cc6cccs6)CCC5(C)C4CCC32CN1C. The summed E-state index contributed by atoms with van der Waals surface area (Å²) in [4.78, 5) is 19.1. The molecule has 9 unspecified atom stereocenters. The Morgan fingerprint density at radius 2 is 2.03 bits per heavy atom. The number of fused-ring (bicyclic) bond motifs is 4. The molecule has 0 radical (unpaired) electrons. The van der Waals surface area contributed by atoms with Crippen molar-refractivity contribution in [3.05, 3.63) is 34.0 Å². The van der Waals surface area contributed by atoms with Gasteiger partial charge >= 0.3 is 0 Å². The first kappa shape index (κ1) is 24.2. The maximum atomic E-state index is 13.2. The number of carbonyl (C=O) groups excluding carboxylic acids is 1. The predicted octanol–water partition coefficient (Wildman–Crippen LogP) is 5.34. The Morgan fingerprint density at radius 3 is 2.80 bits per heavy atom. The maximum Gasteiger partial charge on any atom is 0.239 e. The zero-order chi connectivity index (χ0) is 24.5. The van der Waals surface area contributed by atoms with Gasteiger partial charge in [-0.1, -0.05) is 24.6 Å². The Morgan fingerprint density at radius 1 is 1.23 bits per heavy atom. The number of amides is 1. The fourth-order valence-corrected chi connectivity index (χ4v) is 10.7. The average molecular weight is 496 g/mol. The molecule has 4 aliphatic carbocycles. The van der Waals surface area contributed by atoms with Crippen molar-refractivity contribution >= 4 is 17.2 Å². The van der Waals surface area contributed by atoms with Crippen molar-refractivity contribution < 1.29 is 4.79 Å². The number of hydrogen-bond acceptors (Lipinski definition) is 4. The van der Waals surface area contributed by atoms with E-state index in [1.807, 2.05) is 18.0 Å². The molecule has 0 bridgehead atoms. The Hall–Kier alpha value is -1.17. The monoisotopic (exact) mass is 495 g/mol. The molecule has 2 N–H and O–H groups in total. The van der Waals surface area contributed by atoms with Crippen LogP contribution >= 0.6 is 11.3 Å². The van der Waals surface area contributed by atoms with Gasteiger partial charge in [-0.3, -0.25) is 4.79 Å². The van der Waals surface area contributed by atoms with Crippen molar-refractivity contribution in [1.29, 1.82) is 0 Å². The minimum atomic E-state index is -0.437. The van der Waals surface area contributed by atoms with Gasteiger partial charge in [-0.15, -0.1) is 11.3 Å². The number of thiophene rings is 1. The van der Waals surface area contributed by atoms with Crippen LogP contribution in [-0.4, -0.2) is 54.5 Å². The normalized spacial score (nSPS) is 43.5. The van der Waals surface area contributed by atoms with E-state index in [0.29, 0.717) is 23.3 Å². The largest absolute Gasteiger partial charge is 0.341 e. The molecule has 35 heavy (non-hydrogen) atoms. The van der Waals surface area contributed by atoms with Crippen molar-refractivity contribution in [2.45, 2.75) is 89.8 Å². The van der Waals surface area contributed by atoms with Crippen molar-refractivity contribution in [3.63, 3.8) is 0 Å². The Labute approximate surface area is 216 Å². The van der Waals surface area contributed by atoms with Crippen molar-refractivity contribution in [2.75, 3.05) is 20.6 Å². The Kier molecular flexibility index (Phi) is 6.01. The summed E-state index contributed by atoms with van der Waals surface area (Å²) in [6.45, 7) is 6.41. The minimum Gasteiger partial charge on any atom is -0.341 e. The van der Waals surface area contributed by atoms with Crippen molar-refractivity contribution in [1.82, 2.24) is 9.80 Å². The number of hydrogen-bond donors (Lipinski definition) is 1. The second-order valence-electron chi connectivity index (χ2n) is 13.1. The van der Waals surface area contributed by atoms with E-state index >= 15 is 0 Å². The summed E-state index contributed by atoms with van der Waals surface area (Å²) in [6, 6.07) is 4.74. The third-order valence-electron chi connectivity index (χ3n) is 11.9. The van der Waals surface area contributed by atoms with Crippen molar-refractivity contribution in [3.8, 4) is 0 Å². The minimum absolute atomic E-state index is 0.109. The topological polar surface area (TPSA) is 49.6 Å². The summed E-state index contributed by atoms with van der Waals surface area (Å²) in [5.74, 6) is 3.66. The first-order chi connectivity index (χ1) is 16.7. The molecule has 192 valence electrons. The molecule has 1 amide bonds. The van der Waals surface area contributed by atoms with Gasteiger partial charge < -0.3 is 15.5 Å². The highest BCUT2D eigenvalue weighted by molar-refractivity contribution is 7.09. The van der Waals surface area contributed by atoms with Crippen molar-refractivity contribution in [2.24, 2.45) is 40.2 Å². The molecule has 4 nitrogen and oxygen atoms in total. The van der Waals surface area contributed by atoms with Gasteiger partial charge in [0, 0.05) is 37.0 Å². The van der Waals surface area contributed by atoms with Crippen LogP contribution in [0.3, 0.4) is 0 Å². The Balaban J connectivity index is 1.17. The first-order valence-electron chi connectivity index (χ1n) is 14.2. The van der Waals surface area contributed by atoms with Crippen LogP contribution < -0.4 is 5.73 Å². The van der Waals surface area contributed by atoms with Gasteiger partial charge in [0.1, 0.15) is 0 Å². The van der Waals surface area contributed by atoms with E-state index in [-0.39, 0.29) is 5.91 Å². The second-order valence-corrected chi connectivity index (χ2v) is 14.1. The summed E-state index contributed by atoms with van der Waals surface area (Å²) < 4.78 is 0. The van der Waals surface area contributed by atoms with Crippen LogP contribution in [0.2, 0.25) is 0 Å². The van der Waals surface area contributed by atoms with E-state index in [9.17, 15) is 4.79 Å². The van der Waals surface area contributed by atoms with Crippen LogP contribution in [-0.2, 0) is 11.2 Å². The molecule has 1 spiro atoms. The van der Waals surface area contributed by atoms with Gasteiger partial charge in [-0.2, -0.15) is 0 Å². The highest BCUT2D eigenvalue weighted by Gasteiger charge is 2.64. The predicted molar refractivity (Wildman–Crippen MR) is 144 cm³/mol. The number of nitrogens with two attached hydrogens (primary N) is 1. The van der Waals surface area contributed by atoms with Gasteiger partial charge in [0.2, 0.25) is 5.91 Å². The molecule has 9 atom stereocenters. The molecular formula is C30H45N3OS. The second kappa shape index (κ2) is 8.70. The average Bonchev–Trinajstić information content (AvgIpc) is 3.54. The van der Waals surface area contributed by atoms with E-state index in [1.54, 1.807) is 16.9 Å². The lowest BCUT2D eigenvalue weighted by molar-refractivity contribution is -0.134. The van der Waals surface area contributed by atoms with E-state index < -0.39 is 6.04 Å². The standard InChI is InChI=1S/C30H45N3OS/c1-19-24-9-10-26-23-8-7-20-16-21(33(4)28(34)27(31)17-22-6-5-15-35-22)11-13-29(20,2)25(23)12-14-30(24,26)18-32(19)3/h5-7,15,19,21,23-27H,8-14,16-18,31H2,1-4H3. The third kappa shape index (κ3) is 3.62. The number of likely N-dealkylation sites (tertiary alicyclic amines) is 1. The van der Waals surface area contributed by atoms with Gasteiger partial charge in [0.15, 0.2) is 0 Å². The maximum absolute atomic E-state index is 13.2. The molecule has 5 heteroatoms. The molecule has 5 aliphatic rings. The van der Waals surface area contributed by atoms with Crippen LogP contribution in [0.5, 0.6) is 0 Å². The van der Waals surface area contributed by atoms with E-state index in [4.69, 9.17) is 5.73 Å². The molecule has 2 heterocycles. The number of nitrogens with zero attached hydrogens (tertiary/aromatic N) is 2.